The molecule has 2 aromatic heterocycles. The van der Waals surface area contributed by atoms with Gasteiger partial charge in [0.1, 0.15) is 23.0 Å². The molecule has 29 heavy (non-hydrogen) atoms. The van der Waals surface area contributed by atoms with Gasteiger partial charge in [-0.2, -0.15) is 5.10 Å². The van der Waals surface area contributed by atoms with E-state index in [0.29, 0.717) is 11.5 Å². The molecule has 0 radical (unpaired) electrons. The lowest BCUT2D eigenvalue weighted by molar-refractivity contribution is 0.0697. The summed E-state index contributed by atoms with van der Waals surface area (Å²) in [7, 11) is 0. The maximum atomic E-state index is 13.5. The molecular weight excluding hydrogens is 371 g/mol. The fourth-order valence-corrected chi connectivity index (χ4v) is 3.03. The molecule has 0 unspecified atom stereocenters. The van der Waals surface area contributed by atoms with Crippen LogP contribution in [-0.2, 0) is 0 Å². The molecule has 2 heterocycles. The molecule has 0 fully saturated rings. The van der Waals surface area contributed by atoms with Gasteiger partial charge in [-0.1, -0.05) is 48.5 Å². The van der Waals surface area contributed by atoms with Crippen molar-refractivity contribution in [3.8, 4) is 16.9 Å². The van der Waals surface area contributed by atoms with E-state index in [1.165, 1.54) is 0 Å². The number of benzene rings is 2. The Kier molecular flexibility index (Phi) is 4.78. The minimum Gasteiger partial charge on any atom is -0.478 e. The Labute approximate surface area is 166 Å². The zero-order chi connectivity index (χ0) is 20.4. The van der Waals surface area contributed by atoms with Gasteiger partial charge in [-0.15, -0.1) is 0 Å². The Morgan fingerprint density at radius 2 is 1.79 bits per heavy atom. The Morgan fingerprint density at radius 3 is 2.52 bits per heavy atom. The van der Waals surface area contributed by atoms with Crippen LogP contribution >= 0.6 is 0 Å². The third-order valence-electron chi connectivity index (χ3n) is 4.45. The molecule has 0 aliphatic heterocycles. The molecule has 0 amide bonds. The largest absolute Gasteiger partial charge is 0.478 e. The summed E-state index contributed by atoms with van der Waals surface area (Å²) < 4.78 is 15.2. The molecule has 0 aliphatic carbocycles. The third-order valence-corrected chi connectivity index (χ3v) is 4.45. The number of pyridine rings is 1. The summed E-state index contributed by atoms with van der Waals surface area (Å²) in [5, 5.41) is 17.1. The summed E-state index contributed by atoms with van der Waals surface area (Å²) in [5.74, 6) is -1.44. The Bertz CT molecular complexity index is 1190. The van der Waals surface area contributed by atoms with Gasteiger partial charge in [0.2, 0.25) is 0 Å². The third kappa shape index (κ3) is 3.70. The van der Waals surface area contributed by atoms with Crippen LogP contribution in [0.5, 0.6) is 0 Å². The lowest BCUT2D eigenvalue weighted by Crippen LogP contribution is -2.09. The quantitative estimate of drug-likeness (QED) is 0.512. The first-order valence-electron chi connectivity index (χ1n) is 8.90. The molecule has 0 saturated heterocycles. The van der Waals surface area contributed by atoms with E-state index in [-0.39, 0.29) is 11.4 Å². The highest BCUT2D eigenvalue weighted by Gasteiger charge is 2.18. The van der Waals surface area contributed by atoms with Crippen molar-refractivity contribution in [1.29, 1.82) is 0 Å². The molecule has 0 aliphatic rings. The van der Waals surface area contributed by atoms with Gasteiger partial charge in [-0.05, 0) is 24.6 Å². The van der Waals surface area contributed by atoms with Crippen LogP contribution in [0.25, 0.3) is 16.9 Å². The first-order chi connectivity index (χ1) is 14.0. The number of nitrogens with zero attached hydrogens (tertiary/aromatic N) is 3. The van der Waals surface area contributed by atoms with Crippen LogP contribution in [0.3, 0.4) is 0 Å². The van der Waals surface area contributed by atoms with Gasteiger partial charge >= 0.3 is 5.97 Å². The lowest BCUT2D eigenvalue weighted by Gasteiger charge is -2.12. The topological polar surface area (TPSA) is 80.0 Å². The van der Waals surface area contributed by atoms with Gasteiger partial charge < -0.3 is 10.4 Å². The van der Waals surface area contributed by atoms with Gasteiger partial charge in [0.05, 0.1) is 17.6 Å². The number of aromatic carboxylic acids is 1. The summed E-state index contributed by atoms with van der Waals surface area (Å²) in [5.41, 5.74) is 3.17. The van der Waals surface area contributed by atoms with Crippen LogP contribution in [0.1, 0.15) is 15.9 Å². The normalized spacial score (nSPS) is 10.7. The Hall–Kier alpha value is -4.00. The highest BCUT2D eigenvalue weighted by Crippen LogP contribution is 2.28. The second-order valence-corrected chi connectivity index (χ2v) is 6.46. The first kappa shape index (κ1) is 18.4. The Morgan fingerprint density at radius 1 is 1.07 bits per heavy atom. The standard InChI is InChI=1S/C22H17FN4O2/c1-14-7-5-6-10-19(14)27-20(12-18(26-27)15-8-3-2-4-9-15)25-21-17(22(28)29)11-16(23)13-24-21/h2-13H,1H3,(H,24,25)(H,28,29). The zero-order valence-corrected chi connectivity index (χ0v) is 15.5. The van der Waals surface area contributed by atoms with Crippen LogP contribution in [0.15, 0.2) is 72.9 Å². The predicted molar refractivity (Wildman–Crippen MR) is 108 cm³/mol. The molecule has 7 heteroatoms. The smallest absolute Gasteiger partial charge is 0.339 e. The van der Waals surface area contributed by atoms with Crippen LogP contribution in [0, 0.1) is 12.7 Å². The molecule has 0 spiro atoms. The maximum absolute atomic E-state index is 13.5. The fourth-order valence-electron chi connectivity index (χ4n) is 3.03. The number of carboxylic acid groups (broad SMARTS) is 1. The van der Waals surface area contributed by atoms with E-state index in [0.717, 1.165) is 29.1 Å². The molecule has 0 saturated carbocycles. The van der Waals surface area contributed by atoms with E-state index in [1.807, 2.05) is 61.5 Å². The van der Waals surface area contributed by atoms with E-state index in [1.54, 1.807) is 10.7 Å². The number of anilines is 2. The number of rotatable bonds is 5. The number of aromatic nitrogens is 3. The van der Waals surface area contributed by atoms with Crippen molar-refractivity contribution in [2.75, 3.05) is 5.32 Å². The molecule has 2 aromatic carbocycles. The van der Waals surface area contributed by atoms with Crippen molar-refractivity contribution in [2.45, 2.75) is 6.92 Å². The molecule has 144 valence electrons. The van der Waals surface area contributed by atoms with E-state index < -0.39 is 11.8 Å². The minimum atomic E-state index is -1.27. The van der Waals surface area contributed by atoms with E-state index in [2.05, 4.69) is 10.3 Å². The lowest BCUT2D eigenvalue weighted by atomic mass is 10.1. The number of carboxylic acids is 1. The number of nitrogens with one attached hydrogen (secondary N) is 1. The number of hydrogen-bond acceptors (Lipinski definition) is 4. The first-order valence-corrected chi connectivity index (χ1v) is 8.90. The molecule has 0 atom stereocenters. The summed E-state index contributed by atoms with van der Waals surface area (Å²) in [6, 6.07) is 20.1. The van der Waals surface area contributed by atoms with Gasteiger partial charge in [0, 0.05) is 11.6 Å². The SMILES string of the molecule is Cc1ccccc1-n1nc(-c2ccccc2)cc1Nc1ncc(F)cc1C(=O)O. The van der Waals surface area contributed by atoms with Crippen molar-refractivity contribution < 1.29 is 14.3 Å². The average Bonchev–Trinajstić information content (AvgIpc) is 3.14. The minimum absolute atomic E-state index is 0.0354. The van der Waals surface area contributed by atoms with Gasteiger partial charge in [0.25, 0.3) is 0 Å². The van der Waals surface area contributed by atoms with Crippen LogP contribution in [0.4, 0.5) is 16.0 Å². The number of carbonyl (C=O) groups is 1. The number of aryl methyl sites for hydroxylation is 1. The van der Waals surface area contributed by atoms with E-state index in [4.69, 9.17) is 5.10 Å². The van der Waals surface area contributed by atoms with Crippen molar-refractivity contribution >= 4 is 17.6 Å². The van der Waals surface area contributed by atoms with Crippen LogP contribution in [0.2, 0.25) is 0 Å². The second-order valence-electron chi connectivity index (χ2n) is 6.46. The highest BCUT2D eigenvalue weighted by molar-refractivity contribution is 5.94. The van der Waals surface area contributed by atoms with Crippen molar-refractivity contribution in [2.24, 2.45) is 0 Å². The number of hydrogen-bond donors (Lipinski definition) is 2. The number of para-hydroxylation sites is 1. The summed E-state index contributed by atoms with van der Waals surface area (Å²) >= 11 is 0. The summed E-state index contributed by atoms with van der Waals surface area (Å²) in [6.07, 6.45) is 0.974. The van der Waals surface area contributed by atoms with Gasteiger partial charge in [-0.3, -0.25) is 0 Å². The van der Waals surface area contributed by atoms with Crippen LogP contribution in [-0.4, -0.2) is 25.8 Å². The zero-order valence-electron chi connectivity index (χ0n) is 15.5. The predicted octanol–water partition coefficient (Wildman–Crippen LogP) is 4.82. The van der Waals surface area contributed by atoms with Crippen molar-refractivity contribution in [3.05, 3.63) is 89.9 Å². The average molecular weight is 388 g/mol. The number of halogens is 1. The molecule has 0 bridgehead atoms. The molecule has 2 N–H and O–H groups in total. The van der Waals surface area contributed by atoms with E-state index in [9.17, 15) is 14.3 Å². The summed E-state index contributed by atoms with van der Waals surface area (Å²) in [4.78, 5) is 15.5. The maximum Gasteiger partial charge on any atom is 0.339 e. The molecule has 4 rings (SSSR count). The van der Waals surface area contributed by atoms with Gasteiger partial charge in [-0.25, -0.2) is 18.9 Å². The molecule has 4 aromatic rings. The monoisotopic (exact) mass is 388 g/mol. The molecular formula is C22H17FN4O2. The second kappa shape index (κ2) is 7.55. The van der Waals surface area contributed by atoms with Crippen molar-refractivity contribution in [3.63, 3.8) is 0 Å². The fraction of sp³-hybridized carbons (Fsp3) is 0.0455. The molecule has 6 nitrogen and oxygen atoms in total. The van der Waals surface area contributed by atoms with E-state index >= 15 is 0 Å². The van der Waals surface area contributed by atoms with Crippen molar-refractivity contribution in [1.82, 2.24) is 14.8 Å². The summed E-state index contributed by atoms with van der Waals surface area (Å²) in [6.45, 7) is 1.96. The van der Waals surface area contributed by atoms with Crippen LogP contribution < -0.4 is 5.32 Å². The highest BCUT2D eigenvalue weighted by atomic mass is 19.1. The Balaban J connectivity index is 1.85. The van der Waals surface area contributed by atoms with Gasteiger partial charge in [0.15, 0.2) is 0 Å².